The molecule has 0 saturated carbocycles. The van der Waals surface area contributed by atoms with E-state index in [1.807, 2.05) is 19.2 Å². The normalized spacial score (nSPS) is 13.6. The van der Waals surface area contributed by atoms with Crippen LogP contribution in [0.3, 0.4) is 0 Å². The number of alkyl halides is 3. The van der Waals surface area contributed by atoms with Crippen LogP contribution >= 0.6 is 11.8 Å². The quantitative estimate of drug-likeness (QED) is 0.623. The van der Waals surface area contributed by atoms with Gasteiger partial charge in [0.05, 0.1) is 18.3 Å². The molecule has 0 aliphatic rings. The summed E-state index contributed by atoms with van der Waals surface area (Å²) in [6.07, 6.45) is 1.00. The molecular weight excluding hydrogens is 223 g/mol. The topological polar surface area (TPSA) is 16.6 Å². The predicted molar refractivity (Wildman–Crippen MR) is 45.1 cm³/mol. The minimum absolute atomic E-state index is 0. The van der Waals surface area contributed by atoms with Gasteiger partial charge in [0.25, 0.3) is 0 Å². The molecule has 0 aliphatic carbocycles. The molecule has 0 rings (SSSR count). The lowest BCUT2D eigenvalue weighted by molar-refractivity contribution is -0.681. The summed E-state index contributed by atoms with van der Waals surface area (Å²) in [4.78, 5) is 0. The van der Waals surface area contributed by atoms with E-state index in [1.54, 1.807) is 0 Å². The van der Waals surface area contributed by atoms with Gasteiger partial charge >= 0.3 is 5.51 Å². The molecule has 0 aromatic heterocycles. The molecule has 0 fully saturated rings. The van der Waals surface area contributed by atoms with Crippen molar-refractivity contribution < 1.29 is 30.9 Å². The number of halogens is 4. The molecule has 13 heavy (non-hydrogen) atoms. The van der Waals surface area contributed by atoms with Crippen molar-refractivity contribution in [3.05, 3.63) is 0 Å². The molecule has 1 nitrogen and oxygen atoms in total. The van der Waals surface area contributed by atoms with Gasteiger partial charge in [-0.1, -0.05) is 6.92 Å². The molecule has 1 unspecified atom stereocenters. The van der Waals surface area contributed by atoms with Gasteiger partial charge in [-0.05, 0) is 25.1 Å². The molecule has 0 amide bonds. The van der Waals surface area contributed by atoms with E-state index in [9.17, 15) is 13.2 Å². The standard InChI is InChI=1S/C7H14F3NS.ClH/c1-3-4-11-6(2)5-12-7(8,9)10;/h6,11H,3-5H2,1-2H3;1H. The van der Waals surface area contributed by atoms with E-state index >= 15 is 0 Å². The summed E-state index contributed by atoms with van der Waals surface area (Å²) in [6, 6.07) is 0.0524. The molecule has 82 valence electrons. The number of rotatable bonds is 5. The van der Waals surface area contributed by atoms with Crippen molar-refractivity contribution in [3.8, 4) is 0 Å². The Bertz CT molecular complexity index is 121. The zero-order valence-corrected chi connectivity index (χ0v) is 9.27. The van der Waals surface area contributed by atoms with E-state index in [2.05, 4.69) is 0 Å². The molecule has 0 bridgehead atoms. The zero-order chi connectivity index (χ0) is 9.61. The van der Waals surface area contributed by atoms with Crippen LogP contribution in [0.4, 0.5) is 13.2 Å². The van der Waals surface area contributed by atoms with E-state index < -0.39 is 5.51 Å². The highest BCUT2D eigenvalue weighted by atomic mass is 35.5. The van der Waals surface area contributed by atoms with Gasteiger partial charge in [0, 0.05) is 0 Å². The molecule has 0 saturated heterocycles. The van der Waals surface area contributed by atoms with E-state index in [4.69, 9.17) is 0 Å². The Hall–Kier alpha value is 0.390. The summed E-state index contributed by atoms with van der Waals surface area (Å²) in [5.74, 6) is 0.142. The molecule has 0 aromatic carbocycles. The SMILES string of the molecule is CCC[NH2+]C(C)CSC(F)(F)F.[Cl-]. The minimum Gasteiger partial charge on any atom is -1.00 e. The fraction of sp³-hybridized carbons (Fsp3) is 1.00. The van der Waals surface area contributed by atoms with Crippen molar-refractivity contribution in [2.45, 2.75) is 31.8 Å². The molecule has 0 aliphatic heterocycles. The smallest absolute Gasteiger partial charge is 0.442 e. The largest absolute Gasteiger partial charge is 1.00 e. The molecule has 0 radical (unpaired) electrons. The Balaban J connectivity index is 0. The maximum atomic E-state index is 11.7. The fourth-order valence-electron chi connectivity index (χ4n) is 0.745. The first kappa shape index (κ1) is 15.8. The fourth-order valence-corrected chi connectivity index (χ4v) is 1.33. The van der Waals surface area contributed by atoms with Gasteiger partial charge in [-0.25, -0.2) is 0 Å². The Morgan fingerprint density at radius 3 is 2.31 bits per heavy atom. The summed E-state index contributed by atoms with van der Waals surface area (Å²) < 4.78 is 35.1. The summed E-state index contributed by atoms with van der Waals surface area (Å²) in [5.41, 5.74) is -4.08. The van der Waals surface area contributed by atoms with Crippen molar-refractivity contribution in [1.29, 1.82) is 0 Å². The van der Waals surface area contributed by atoms with Crippen LogP contribution in [-0.2, 0) is 0 Å². The van der Waals surface area contributed by atoms with Crippen LogP contribution in [0.1, 0.15) is 20.3 Å². The lowest BCUT2D eigenvalue weighted by atomic mass is 10.3. The average molecular weight is 238 g/mol. The highest BCUT2D eigenvalue weighted by Crippen LogP contribution is 2.29. The van der Waals surface area contributed by atoms with Gasteiger partial charge in [0.1, 0.15) is 0 Å². The van der Waals surface area contributed by atoms with Crippen LogP contribution in [0.5, 0.6) is 0 Å². The molecule has 0 aromatic rings. The second-order valence-corrected chi connectivity index (χ2v) is 3.84. The van der Waals surface area contributed by atoms with Gasteiger partial charge in [0.15, 0.2) is 0 Å². The number of thioether (sulfide) groups is 1. The minimum atomic E-state index is -4.08. The molecule has 1 atom stereocenters. The van der Waals surface area contributed by atoms with E-state index in [0.717, 1.165) is 13.0 Å². The van der Waals surface area contributed by atoms with E-state index in [1.165, 1.54) is 0 Å². The zero-order valence-electron chi connectivity index (χ0n) is 7.70. The number of nitrogens with two attached hydrogens (primary N) is 1. The van der Waals surface area contributed by atoms with Crippen LogP contribution in [0.2, 0.25) is 0 Å². The lowest BCUT2D eigenvalue weighted by Gasteiger charge is -2.10. The highest BCUT2D eigenvalue weighted by Gasteiger charge is 2.29. The van der Waals surface area contributed by atoms with Crippen molar-refractivity contribution in [3.63, 3.8) is 0 Å². The van der Waals surface area contributed by atoms with Crippen LogP contribution in [0.25, 0.3) is 0 Å². The predicted octanol–water partition coefficient (Wildman–Crippen LogP) is -1.39. The first-order chi connectivity index (χ1) is 5.45. The molecule has 0 heterocycles. The summed E-state index contributed by atoms with van der Waals surface area (Å²) >= 11 is 0.0609. The third-order valence-electron chi connectivity index (χ3n) is 1.37. The monoisotopic (exact) mass is 237 g/mol. The number of hydrogen-bond acceptors (Lipinski definition) is 1. The Kier molecular flexibility index (Phi) is 9.46. The highest BCUT2D eigenvalue weighted by molar-refractivity contribution is 8.00. The van der Waals surface area contributed by atoms with Crippen LogP contribution in [-0.4, -0.2) is 23.8 Å². The second kappa shape index (κ2) is 7.76. The van der Waals surface area contributed by atoms with Crippen LogP contribution in [0.15, 0.2) is 0 Å². The molecule has 6 heteroatoms. The summed E-state index contributed by atoms with van der Waals surface area (Å²) in [7, 11) is 0. The van der Waals surface area contributed by atoms with Crippen LogP contribution in [0, 0.1) is 0 Å². The lowest BCUT2D eigenvalue weighted by Crippen LogP contribution is -3.00. The van der Waals surface area contributed by atoms with E-state index in [0.29, 0.717) is 0 Å². The van der Waals surface area contributed by atoms with E-state index in [-0.39, 0.29) is 36.0 Å². The second-order valence-electron chi connectivity index (χ2n) is 2.76. The number of hydrogen-bond donors (Lipinski definition) is 1. The van der Waals surface area contributed by atoms with Gasteiger partial charge in [-0.3, -0.25) is 0 Å². The van der Waals surface area contributed by atoms with Crippen molar-refractivity contribution >= 4 is 11.8 Å². The van der Waals surface area contributed by atoms with Gasteiger partial charge < -0.3 is 17.7 Å². The average Bonchev–Trinajstić information content (AvgIpc) is 1.95. The first-order valence-corrected chi connectivity index (χ1v) is 4.98. The Morgan fingerprint density at radius 1 is 1.38 bits per heavy atom. The Labute approximate surface area is 87.3 Å². The third kappa shape index (κ3) is 12.4. The van der Waals surface area contributed by atoms with Crippen molar-refractivity contribution in [2.24, 2.45) is 0 Å². The van der Waals surface area contributed by atoms with Crippen molar-refractivity contribution in [1.82, 2.24) is 0 Å². The Morgan fingerprint density at radius 2 is 1.92 bits per heavy atom. The maximum Gasteiger partial charge on any atom is 0.442 e. The first-order valence-electron chi connectivity index (χ1n) is 3.99. The third-order valence-corrected chi connectivity index (χ3v) is 2.39. The van der Waals surface area contributed by atoms with Crippen molar-refractivity contribution in [2.75, 3.05) is 12.3 Å². The molecule has 2 N–H and O–H groups in total. The van der Waals surface area contributed by atoms with Crippen LogP contribution < -0.4 is 17.7 Å². The molecule has 0 spiro atoms. The molecular formula is C7H15ClF3NS. The van der Waals surface area contributed by atoms with Gasteiger partial charge in [0.2, 0.25) is 0 Å². The summed E-state index contributed by atoms with van der Waals surface area (Å²) in [5, 5.41) is 1.94. The number of quaternary nitrogens is 1. The maximum absolute atomic E-state index is 11.7. The van der Waals surface area contributed by atoms with Gasteiger partial charge in [-0.15, -0.1) is 0 Å². The summed E-state index contributed by atoms with van der Waals surface area (Å²) in [6.45, 7) is 4.73. The van der Waals surface area contributed by atoms with Gasteiger partial charge in [-0.2, -0.15) is 13.2 Å².